The highest BCUT2D eigenvalue weighted by Gasteiger charge is 2.35. The van der Waals surface area contributed by atoms with Gasteiger partial charge in [-0.1, -0.05) is 47.5 Å². The molecule has 34 heavy (non-hydrogen) atoms. The quantitative estimate of drug-likeness (QED) is 0.442. The lowest BCUT2D eigenvalue weighted by Gasteiger charge is -2.19. The van der Waals surface area contributed by atoms with Crippen LogP contribution in [0.15, 0.2) is 72.8 Å². The summed E-state index contributed by atoms with van der Waals surface area (Å²) in [4.78, 5) is 19.6. The number of aromatic nitrogens is 2. The summed E-state index contributed by atoms with van der Waals surface area (Å²) in [6.07, 6.45) is -0.323. The van der Waals surface area contributed by atoms with Gasteiger partial charge in [-0.15, -0.1) is 0 Å². The van der Waals surface area contributed by atoms with E-state index in [0.29, 0.717) is 19.5 Å². The van der Waals surface area contributed by atoms with Crippen LogP contribution in [0.1, 0.15) is 29.3 Å². The van der Waals surface area contributed by atoms with Crippen molar-refractivity contribution in [2.45, 2.75) is 38.8 Å². The zero-order valence-corrected chi connectivity index (χ0v) is 19.5. The van der Waals surface area contributed by atoms with Crippen molar-refractivity contribution >= 4 is 22.6 Å². The lowest BCUT2D eigenvalue weighted by atomic mass is 10.1. The van der Waals surface area contributed by atoms with Gasteiger partial charge in [-0.2, -0.15) is 0 Å². The number of nitrogens with zero attached hydrogens (tertiary/aromatic N) is 3. The van der Waals surface area contributed by atoms with Gasteiger partial charge in [0, 0.05) is 24.6 Å². The number of anilines is 1. The number of aliphatic hydroxyl groups excluding tert-OH is 1. The minimum Gasteiger partial charge on any atom is -0.491 e. The Morgan fingerprint density at radius 2 is 1.68 bits per heavy atom. The Balaban J connectivity index is 1.37. The van der Waals surface area contributed by atoms with E-state index in [0.717, 1.165) is 39.4 Å². The molecule has 1 amide bonds. The molecular formula is C28H29N3O3. The summed E-state index contributed by atoms with van der Waals surface area (Å²) in [5, 5.41) is 10.8. The van der Waals surface area contributed by atoms with Crippen molar-refractivity contribution in [2.75, 3.05) is 18.1 Å². The van der Waals surface area contributed by atoms with Gasteiger partial charge >= 0.3 is 0 Å². The fraction of sp³-hybridized carbons (Fsp3) is 0.286. The molecule has 2 atom stereocenters. The van der Waals surface area contributed by atoms with E-state index < -0.39 is 6.10 Å². The van der Waals surface area contributed by atoms with Gasteiger partial charge in [0.15, 0.2) is 0 Å². The molecule has 5 rings (SSSR count). The Bertz CT molecular complexity index is 1290. The first kappa shape index (κ1) is 22.2. The molecule has 174 valence electrons. The first-order valence-corrected chi connectivity index (χ1v) is 11.7. The Morgan fingerprint density at radius 1 is 1.00 bits per heavy atom. The van der Waals surface area contributed by atoms with Crippen molar-refractivity contribution in [3.05, 3.63) is 89.7 Å². The average molecular weight is 456 g/mol. The summed E-state index contributed by atoms with van der Waals surface area (Å²) in [6.45, 7) is 5.15. The molecule has 1 saturated heterocycles. The first-order valence-electron chi connectivity index (χ1n) is 11.7. The SMILES string of the molecule is Cc1ccc(OC[C@H](O)Cn2c([C@H]3CC(=O)N(c4ccc(C)cc4)C3)nc3ccccc32)cc1. The molecule has 1 aliphatic rings. The van der Waals surface area contributed by atoms with Crippen LogP contribution < -0.4 is 9.64 Å². The van der Waals surface area contributed by atoms with E-state index in [1.54, 1.807) is 0 Å². The molecule has 1 fully saturated rings. The van der Waals surface area contributed by atoms with Gasteiger partial charge in [0.25, 0.3) is 0 Å². The maximum Gasteiger partial charge on any atom is 0.227 e. The number of aliphatic hydroxyl groups is 1. The lowest BCUT2D eigenvalue weighted by molar-refractivity contribution is -0.117. The highest BCUT2D eigenvalue weighted by Crippen LogP contribution is 2.33. The van der Waals surface area contributed by atoms with Crippen molar-refractivity contribution in [1.29, 1.82) is 0 Å². The maximum absolute atomic E-state index is 12.9. The second-order valence-electron chi connectivity index (χ2n) is 9.09. The van der Waals surface area contributed by atoms with Crippen molar-refractivity contribution in [3.8, 4) is 5.75 Å². The van der Waals surface area contributed by atoms with Gasteiger partial charge in [-0.25, -0.2) is 4.98 Å². The number of ether oxygens (including phenoxy) is 1. The molecule has 1 aliphatic heterocycles. The number of rotatable bonds is 7. The van der Waals surface area contributed by atoms with Crippen LogP contribution >= 0.6 is 0 Å². The number of imidazole rings is 1. The number of carbonyl (C=O) groups excluding carboxylic acids is 1. The lowest BCUT2D eigenvalue weighted by Crippen LogP contribution is -2.26. The van der Waals surface area contributed by atoms with Crippen LogP contribution in [0.4, 0.5) is 5.69 Å². The van der Waals surface area contributed by atoms with Crippen molar-refractivity contribution < 1.29 is 14.6 Å². The van der Waals surface area contributed by atoms with E-state index in [-0.39, 0.29) is 18.4 Å². The summed E-state index contributed by atoms with van der Waals surface area (Å²) in [5.74, 6) is 1.61. The Kier molecular flexibility index (Phi) is 6.07. The third-order valence-electron chi connectivity index (χ3n) is 6.38. The highest BCUT2D eigenvalue weighted by molar-refractivity contribution is 5.96. The van der Waals surface area contributed by atoms with Gasteiger partial charge in [0.1, 0.15) is 24.3 Å². The maximum atomic E-state index is 12.9. The van der Waals surface area contributed by atoms with Crippen LogP contribution in [0, 0.1) is 13.8 Å². The second-order valence-corrected chi connectivity index (χ2v) is 9.09. The third kappa shape index (κ3) is 4.54. The Labute approximate surface area is 199 Å². The monoisotopic (exact) mass is 455 g/mol. The van der Waals surface area contributed by atoms with Crippen LogP contribution in [0.3, 0.4) is 0 Å². The number of benzene rings is 3. The number of fused-ring (bicyclic) bond motifs is 1. The van der Waals surface area contributed by atoms with Gasteiger partial charge in [-0.3, -0.25) is 4.79 Å². The number of carbonyl (C=O) groups is 1. The van der Waals surface area contributed by atoms with Crippen molar-refractivity contribution in [2.24, 2.45) is 0 Å². The smallest absolute Gasteiger partial charge is 0.227 e. The number of para-hydroxylation sites is 2. The average Bonchev–Trinajstić information content (AvgIpc) is 3.40. The predicted octanol–water partition coefficient (Wildman–Crippen LogP) is 4.61. The first-order chi connectivity index (χ1) is 16.5. The molecule has 1 N–H and O–H groups in total. The third-order valence-corrected chi connectivity index (χ3v) is 6.38. The molecule has 2 heterocycles. The van der Waals surface area contributed by atoms with E-state index in [9.17, 15) is 9.90 Å². The molecule has 6 heteroatoms. The van der Waals surface area contributed by atoms with E-state index in [1.807, 2.05) is 91.5 Å². The van der Waals surface area contributed by atoms with Crippen LogP contribution in [0.2, 0.25) is 0 Å². The molecule has 0 aliphatic carbocycles. The fourth-order valence-electron chi connectivity index (χ4n) is 4.54. The minimum atomic E-state index is -0.719. The van der Waals surface area contributed by atoms with E-state index in [4.69, 9.17) is 9.72 Å². The van der Waals surface area contributed by atoms with Gasteiger partial charge in [0.05, 0.1) is 17.6 Å². The minimum absolute atomic E-state index is 0.0496. The topological polar surface area (TPSA) is 67.6 Å². The predicted molar refractivity (Wildman–Crippen MR) is 133 cm³/mol. The van der Waals surface area contributed by atoms with Crippen LogP contribution in [0.25, 0.3) is 11.0 Å². The van der Waals surface area contributed by atoms with Crippen molar-refractivity contribution in [3.63, 3.8) is 0 Å². The van der Waals surface area contributed by atoms with E-state index in [2.05, 4.69) is 4.57 Å². The van der Waals surface area contributed by atoms with Crippen LogP contribution in [0.5, 0.6) is 5.75 Å². The molecule has 0 unspecified atom stereocenters. The number of amides is 1. The standard InChI is InChI=1S/C28H29N3O3/c1-19-7-11-22(12-8-19)30-16-21(15-27(30)33)28-29-25-5-3-4-6-26(25)31(28)17-23(32)18-34-24-13-9-20(2)10-14-24/h3-14,21,23,32H,15-18H2,1-2H3/t21-,23+/m0/s1. The molecule has 0 saturated carbocycles. The van der Waals surface area contributed by atoms with Crippen molar-refractivity contribution in [1.82, 2.24) is 9.55 Å². The molecule has 0 spiro atoms. The summed E-state index contributed by atoms with van der Waals surface area (Å²) >= 11 is 0. The molecule has 0 radical (unpaired) electrons. The summed E-state index contributed by atoms with van der Waals surface area (Å²) in [5.41, 5.74) is 5.05. The number of aryl methyl sites for hydroxylation is 2. The molecular weight excluding hydrogens is 426 g/mol. The summed E-state index contributed by atoms with van der Waals surface area (Å²) in [7, 11) is 0. The number of hydrogen-bond donors (Lipinski definition) is 1. The van der Waals surface area contributed by atoms with Gasteiger partial charge in [-0.05, 0) is 50.2 Å². The van der Waals surface area contributed by atoms with Crippen LogP contribution in [-0.4, -0.2) is 39.8 Å². The molecule has 0 bridgehead atoms. The summed E-state index contributed by atoms with van der Waals surface area (Å²) < 4.78 is 7.86. The second kappa shape index (κ2) is 9.31. The van der Waals surface area contributed by atoms with Gasteiger partial charge < -0.3 is 19.3 Å². The molecule has 6 nitrogen and oxygen atoms in total. The molecule has 3 aromatic carbocycles. The van der Waals surface area contributed by atoms with Gasteiger partial charge in [0.2, 0.25) is 5.91 Å². The molecule has 4 aromatic rings. The largest absolute Gasteiger partial charge is 0.491 e. The zero-order chi connectivity index (χ0) is 23.7. The Morgan fingerprint density at radius 3 is 2.41 bits per heavy atom. The van der Waals surface area contributed by atoms with Crippen LogP contribution in [-0.2, 0) is 11.3 Å². The summed E-state index contributed by atoms with van der Waals surface area (Å²) in [6, 6.07) is 23.7. The highest BCUT2D eigenvalue weighted by atomic mass is 16.5. The van der Waals surface area contributed by atoms with E-state index in [1.165, 1.54) is 0 Å². The number of hydrogen-bond acceptors (Lipinski definition) is 4. The Hall–Kier alpha value is -3.64. The normalized spacial score (nSPS) is 16.9. The fourth-order valence-corrected chi connectivity index (χ4v) is 4.54. The van der Waals surface area contributed by atoms with E-state index >= 15 is 0 Å². The zero-order valence-electron chi connectivity index (χ0n) is 19.5. The molecule has 1 aromatic heterocycles.